The average molecular weight is 518 g/mol. The van der Waals surface area contributed by atoms with E-state index in [1.165, 1.54) is 31.2 Å². The average Bonchev–Trinajstić information content (AvgIpc) is 3.49. The van der Waals surface area contributed by atoms with Gasteiger partial charge in [-0.25, -0.2) is 9.97 Å². The van der Waals surface area contributed by atoms with Gasteiger partial charge in [0.25, 0.3) is 5.91 Å². The summed E-state index contributed by atoms with van der Waals surface area (Å²) in [5, 5.41) is 0. The maximum absolute atomic E-state index is 13.3. The van der Waals surface area contributed by atoms with Crippen molar-refractivity contribution in [2.24, 2.45) is 23.7 Å². The molecule has 7 heteroatoms. The van der Waals surface area contributed by atoms with Crippen LogP contribution in [0.2, 0.25) is 0 Å². The molecule has 3 aliphatic heterocycles. The van der Waals surface area contributed by atoms with E-state index in [-0.39, 0.29) is 11.8 Å². The van der Waals surface area contributed by atoms with Crippen LogP contribution in [0.4, 0.5) is 0 Å². The third-order valence-corrected chi connectivity index (χ3v) is 9.25. The van der Waals surface area contributed by atoms with Gasteiger partial charge >= 0.3 is 0 Å². The Hall–Kier alpha value is -2.64. The number of aldehydes is 1. The molecule has 0 saturated carbocycles. The second-order valence-corrected chi connectivity index (χ2v) is 12.0. The highest BCUT2D eigenvalue weighted by Gasteiger charge is 2.42. The van der Waals surface area contributed by atoms with E-state index in [2.05, 4.69) is 50.1 Å². The van der Waals surface area contributed by atoms with E-state index in [0.717, 1.165) is 70.0 Å². The lowest BCUT2D eigenvalue weighted by Crippen LogP contribution is -2.39. The van der Waals surface area contributed by atoms with Crippen molar-refractivity contribution in [3.8, 4) is 0 Å². The van der Waals surface area contributed by atoms with E-state index < -0.39 is 0 Å². The highest BCUT2D eigenvalue weighted by molar-refractivity contribution is 5.96. The highest BCUT2D eigenvalue weighted by Crippen LogP contribution is 2.37. The second-order valence-electron chi connectivity index (χ2n) is 12.0. The van der Waals surface area contributed by atoms with Gasteiger partial charge in [-0.1, -0.05) is 37.3 Å². The molecule has 0 radical (unpaired) electrons. The molecule has 3 aliphatic rings. The molecule has 38 heavy (non-hydrogen) atoms. The zero-order valence-corrected chi connectivity index (χ0v) is 23.3. The molecule has 0 bridgehead atoms. The van der Waals surface area contributed by atoms with Crippen LogP contribution in [0.25, 0.3) is 0 Å². The molecule has 4 unspecified atom stereocenters. The van der Waals surface area contributed by atoms with Crippen molar-refractivity contribution in [2.75, 3.05) is 52.4 Å². The van der Waals surface area contributed by atoms with Crippen LogP contribution >= 0.6 is 0 Å². The Morgan fingerprint density at radius 3 is 2.21 bits per heavy atom. The SMILES string of the molecule is Cc1ncnc(C)c1C(=O)N1CC2CN(CCC(c3ccccc3)C3CCN(CC(C)C=O)CC3)CC2C1. The quantitative estimate of drug-likeness (QED) is 0.471. The molecular formula is C31H43N5O2. The van der Waals surface area contributed by atoms with Crippen LogP contribution in [-0.2, 0) is 4.79 Å². The lowest BCUT2D eigenvalue weighted by molar-refractivity contribution is -0.111. The Kier molecular flexibility index (Phi) is 8.54. The molecule has 1 amide bonds. The molecule has 5 rings (SSSR count). The number of hydrogen-bond acceptors (Lipinski definition) is 6. The summed E-state index contributed by atoms with van der Waals surface area (Å²) in [6.07, 6.45) is 6.21. The van der Waals surface area contributed by atoms with Gasteiger partial charge in [0.2, 0.25) is 0 Å². The molecular weight excluding hydrogens is 474 g/mol. The van der Waals surface area contributed by atoms with Gasteiger partial charge in [-0.05, 0) is 82.0 Å². The van der Waals surface area contributed by atoms with Gasteiger partial charge in [0, 0.05) is 38.6 Å². The molecule has 0 aliphatic carbocycles. The van der Waals surface area contributed by atoms with Gasteiger partial charge < -0.3 is 19.5 Å². The Morgan fingerprint density at radius 2 is 1.61 bits per heavy atom. The van der Waals surface area contributed by atoms with Crippen molar-refractivity contribution in [1.82, 2.24) is 24.7 Å². The fraction of sp³-hybridized carbons (Fsp3) is 0.613. The molecule has 0 spiro atoms. The fourth-order valence-electron chi connectivity index (χ4n) is 7.18. The molecule has 2 aromatic rings. The number of aryl methyl sites for hydroxylation is 2. The molecule has 3 saturated heterocycles. The zero-order chi connectivity index (χ0) is 26.6. The Bertz CT molecular complexity index is 1070. The van der Waals surface area contributed by atoms with E-state index in [4.69, 9.17) is 0 Å². The summed E-state index contributed by atoms with van der Waals surface area (Å²) in [6, 6.07) is 11.1. The monoisotopic (exact) mass is 517 g/mol. The number of fused-ring (bicyclic) bond motifs is 1. The number of carbonyl (C=O) groups is 2. The number of likely N-dealkylation sites (tertiary alicyclic amines) is 3. The third kappa shape index (κ3) is 5.99. The van der Waals surface area contributed by atoms with Gasteiger partial charge in [0.1, 0.15) is 12.6 Å². The molecule has 3 fully saturated rings. The number of nitrogens with zero attached hydrogens (tertiary/aromatic N) is 5. The molecule has 7 nitrogen and oxygen atoms in total. The van der Waals surface area contributed by atoms with E-state index in [9.17, 15) is 9.59 Å². The summed E-state index contributed by atoms with van der Waals surface area (Å²) >= 11 is 0. The van der Waals surface area contributed by atoms with Crippen molar-refractivity contribution in [1.29, 1.82) is 0 Å². The van der Waals surface area contributed by atoms with Crippen molar-refractivity contribution >= 4 is 12.2 Å². The first kappa shape index (κ1) is 26.9. The van der Waals surface area contributed by atoms with Gasteiger partial charge in [-0.2, -0.15) is 0 Å². The smallest absolute Gasteiger partial charge is 0.257 e. The van der Waals surface area contributed by atoms with E-state index in [1.54, 1.807) is 0 Å². The normalized spacial score (nSPS) is 24.3. The summed E-state index contributed by atoms with van der Waals surface area (Å²) < 4.78 is 0. The Balaban J connectivity index is 1.16. The van der Waals surface area contributed by atoms with Crippen LogP contribution in [0, 0.1) is 37.5 Å². The summed E-state index contributed by atoms with van der Waals surface area (Å²) in [5.41, 5.74) is 3.70. The summed E-state index contributed by atoms with van der Waals surface area (Å²) in [4.78, 5) is 40.0. The lowest BCUT2D eigenvalue weighted by Gasteiger charge is -2.37. The van der Waals surface area contributed by atoms with Crippen molar-refractivity contribution in [2.45, 2.75) is 46.0 Å². The standard InChI is InChI=1S/C31H43N5O2/c1-22(20-37)15-34-12-9-26(10-13-34)29(25-7-5-4-6-8-25)11-14-35-16-27-18-36(19-28(27)17-35)31(38)30-23(2)32-21-33-24(30)3/h4-8,20-22,26-29H,9-19H2,1-3H3. The summed E-state index contributed by atoms with van der Waals surface area (Å²) in [6.45, 7) is 13.9. The summed E-state index contributed by atoms with van der Waals surface area (Å²) in [7, 11) is 0. The zero-order valence-electron chi connectivity index (χ0n) is 23.3. The molecule has 4 heterocycles. The maximum Gasteiger partial charge on any atom is 0.257 e. The minimum atomic E-state index is 0.0968. The van der Waals surface area contributed by atoms with Crippen LogP contribution in [0.5, 0.6) is 0 Å². The van der Waals surface area contributed by atoms with Crippen molar-refractivity contribution in [3.63, 3.8) is 0 Å². The first-order chi connectivity index (χ1) is 18.4. The van der Waals surface area contributed by atoms with Crippen LogP contribution < -0.4 is 0 Å². The number of rotatable bonds is 9. The first-order valence-corrected chi connectivity index (χ1v) is 14.4. The number of piperidine rings is 1. The maximum atomic E-state index is 13.3. The van der Waals surface area contributed by atoms with Gasteiger partial charge in [0.05, 0.1) is 17.0 Å². The first-order valence-electron chi connectivity index (χ1n) is 14.4. The van der Waals surface area contributed by atoms with E-state index in [1.807, 2.05) is 25.7 Å². The minimum absolute atomic E-state index is 0.0968. The van der Waals surface area contributed by atoms with Crippen LogP contribution in [0.1, 0.15) is 59.4 Å². The number of aromatic nitrogens is 2. The molecule has 1 aromatic carbocycles. The molecule has 0 N–H and O–H groups in total. The Labute approximate surface area is 227 Å². The highest BCUT2D eigenvalue weighted by atomic mass is 16.2. The summed E-state index contributed by atoms with van der Waals surface area (Å²) in [5.74, 6) is 2.59. The predicted octanol–water partition coefficient (Wildman–Crippen LogP) is 3.82. The number of amides is 1. The van der Waals surface area contributed by atoms with Gasteiger partial charge in [-0.3, -0.25) is 4.79 Å². The third-order valence-electron chi connectivity index (χ3n) is 9.25. The fourth-order valence-corrected chi connectivity index (χ4v) is 7.18. The number of hydrogen-bond donors (Lipinski definition) is 0. The van der Waals surface area contributed by atoms with Crippen LogP contribution in [0.15, 0.2) is 36.7 Å². The van der Waals surface area contributed by atoms with Crippen LogP contribution in [-0.4, -0.2) is 89.2 Å². The lowest BCUT2D eigenvalue weighted by atomic mass is 9.78. The van der Waals surface area contributed by atoms with Gasteiger partial charge in [0.15, 0.2) is 0 Å². The molecule has 204 valence electrons. The van der Waals surface area contributed by atoms with Crippen molar-refractivity contribution < 1.29 is 9.59 Å². The number of carbonyl (C=O) groups excluding carboxylic acids is 2. The predicted molar refractivity (Wildman–Crippen MR) is 149 cm³/mol. The Morgan fingerprint density at radius 1 is 0.974 bits per heavy atom. The van der Waals surface area contributed by atoms with E-state index >= 15 is 0 Å². The molecule has 1 aromatic heterocycles. The second kappa shape index (κ2) is 12.0. The largest absolute Gasteiger partial charge is 0.338 e. The topological polar surface area (TPSA) is 69.6 Å². The minimum Gasteiger partial charge on any atom is -0.338 e. The molecule has 4 atom stereocenters. The van der Waals surface area contributed by atoms with Crippen molar-refractivity contribution in [3.05, 3.63) is 59.2 Å². The van der Waals surface area contributed by atoms with Gasteiger partial charge in [-0.15, -0.1) is 0 Å². The van der Waals surface area contributed by atoms with E-state index in [0.29, 0.717) is 29.2 Å². The number of benzene rings is 1. The van der Waals surface area contributed by atoms with Crippen LogP contribution in [0.3, 0.4) is 0 Å².